The van der Waals surface area contributed by atoms with E-state index in [4.69, 9.17) is 21.7 Å². The van der Waals surface area contributed by atoms with Crippen LogP contribution in [0.4, 0.5) is 0 Å². The SMILES string of the molecule is [B]N(CCC(CCNC(=O)CNC[C@H](CCCCN)NC(=O)[C@H](CC(C)C)NC(=O)[C@@H](C)CC(C)C)CCN([B])C(C)(C)/C(C)=N/O)C(C)(C)/C(C)=N/O. The molecule has 3 atom stereocenters. The monoisotopic (exact) mass is 760 g/mol. The van der Waals surface area contributed by atoms with Crippen LogP contribution in [0.2, 0.25) is 0 Å². The zero-order valence-electron chi connectivity index (χ0n) is 35.5. The third kappa shape index (κ3) is 19.8. The minimum atomic E-state index is -0.660. The molecule has 0 unspecified atom stereocenters. The summed E-state index contributed by atoms with van der Waals surface area (Å²) in [7, 11) is 12.8. The number of nitrogens with one attached hydrogen (secondary N) is 4. The van der Waals surface area contributed by atoms with Gasteiger partial charge in [0.1, 0.15) is 6.04 Å². The van der Waals surface area contributed by atoms with Crippen LogP contribution in [0.5, 0.6) is 0 Å². The molecule has 0 fully saturated rings. The molecule has 0 heterocycles. The summed E-state index contributed by atoms with van der Waals surface area (Å²) in [6, 6.07) is -0.888. The molecule has 0 rings (SSSR count). The predicted octanol–water partition coefficient (Wildman–Crippen LogP) is 3.33. The van der Waals surface area contributed by atoms with Gasteiger partial charge >= 0.3 is 0 Å². The van der Waals surface area contributed by atoms with Gasteiger partial charge in [-0.2, -0.15) is 0 Å². The molecule has 0 saturated heterocycles. The Morgan fingerprint density at radius 1 is 0.759 bits per heavy atom. The molecule has 308 valence electrons. The molecule has 0 aromatic carbocycles. The van der Waals surface area contributed by atoms with E-state index in [2.05, 4.69) is 45.4 Å². The van der Waals surface area contributed by atoms with Crippen molar-refractivity contribution in [1.82, 2.24) is 30.9 Å². The second kappa shape index (κ2) is 26.2. The number of hydrogen-bond acceptors (Lipinski definition) is 11. The minimum absolute atomic E-state index is 0.0713. The van der Waals surface area contributed by atoms with Gasteiger partial charge in [-0.3, -0.25) is 14.4 Å². The van der Waals surface area contributed by atoms with E-state index in [0.29, 0.717) is 82.2 Å². The van der Waals surface area contributed by atoms with Crippen LogP contribution in [0, 0.1) is 23.7 Å². The van der Waals surface area contributed by atoms with Gasteiger partial charge in [0.25, 0.3) is 0 Å². The highest BCUT2D eigenvalue weighted by Gasteiger charge is 2.30. The first-order chi connectivity index (χ1) is 25.1. The lowest BCUT2D eigenvalue weighted by Gasteiger charge is -2.38. The summed E-state index contributed by atoms with van der Waals surface area (Å²) in [5.41, 5.74) is 5.40. The van der Waals surface area contributed by atoms with E-state index in [0.717, 1.165) is 19.3 Å². The lowest BCUT2D eigenvalue weighted by molar-refractivity contribution is -0.131. The van der Waals surface area contributed by atoms with E-state index in [1.807, 2.05) is 48.5 Å². The zero-order valence-corrected chi connectivity index (χ0v) is 35.5. The number of rotatable bonds is 29. The Labute approximate surface area is 329 Å². The van der Waals surface area contributed by atoms with Crippen LogP contribution in [0.3, 0.4) is 0 Å². The maximum atomic E-state index is 13.5. The number of amides is 3. The van der Waals surface area contributed by atoms with Crippen molar-refractivity contribution in [2.24, 2.45) is 39.7 Å². The highest BCUT2D eigenvalue weighted by Crippen LogP contribution is 2.22. The highest BCUT2D eigenvalue weighted by atomic mass is 16.4. The summed E-state index contributed by atoms with van der Waals surface area (Å²) >= 11 is 0. The number of hydrogen-bond donors (Lipinski definition) is 7. The molecular weight excluding hydrogens is 684 g/mol. The van der Waals surface area contributed by atoms with E-state index in [9.17, 15) is 24.8 Å². The number of carbonyl (C=O) groups is 3. The van der Waals surface area contributed by atoms with Gasteiger partial charge in [-0.05, 0) is 124 Å². The summed E-state index contributed by atoms with van der Waals surface area (Å²) in [6.07, 6.45) is 5.65. The minimum Gasteiger partial charge on any atom is -0.411 e. The van der Waals surface area contributed by atoms with Gasteiger partial charge in [-0.1, -0.05) is 51.4 Å². The fourth-order valence-corrected chi connectivity index (χ4v) is 6.03. The highest BCUT2D eigenvalue weighted by molar-refractivity contribution is 6.08. The topological polar surface area (TPSA) is 197 Å². The number of unbranched alkanes of at least 4 members (excludes halogenated alkanes) is 1. The van der Waals surface area contributed by atoms with Gasteiger partial charge in [-0.25, -0.2) is 0 Å². The molecule has 16 heteroatoms. The molecule has 0 bridgehead atoms. The molecule has 0 spiro atoms. The summed E-state index contributed by atoms with van der Waals surface area (Å²) < 4.78 is 0. The maximum absolute atomic E-state index is 13.5. The van der Waals surface area contributed by atoms with Gasteiger partial charge in [-0.15, -0.1) is 0 Å². The second-order valence-corrected chi connectivity index (χ2v) is 16.8. The van der Waals surface area contributed by atoms with E-state index in [1.165, 1.54) is 0 Å². The number of nitrogens with two attached hydrogens (primary N) is 1. The normalized spacial score (nSPS) is 14.9. The van der Waals surface area contributed by atoms with E-state index < -0.39 is 17.1 Å². The van der Waals surface area contributed by atoms with Crippen molar-refractivity contribution >= 4 is 45.1 Å². The molecule has 14 nitrogen and oxygen atoms in total. The van der Waals surface area contributed by atoms with Crippen LogP contribution in [-0.4, -0.2) is 128 Å². The Morgan fingerprint density at radius 3 is 1.74 bits per heavy atom. The third-order valence-corrected chi connectivity index (χ3v) is 10.6. The fourth-order valence-electron chi connectivity index (χ4n) is 6.03. The fraction of sp³-hybridized carbons (Fsp3) is 0.868. The van der Waals surface area contributed by atoms with Crippen LogP contribution in [-0.2, 0) is 14.4 Å². The van der Waals surface area contributed by atoms with Crippen LogP contribution in [0.25, 0.3) is 0 Å². The summed E-state index contributed by atoms with van der Waals surface area (Å²) in [5.74, 6) is 0.00545. The van der Waals surface area contributed by atoms with Crippen molar-refractivity contribution in [3.8, 4) is 0 Å². The first-order valence-corrected chi connectivity index (χ1v) is 19.8. The molecular formula is C38H75B2N9O5. The van der Waals surface area contributed by atoms with Gasteiger partial charge < -0.3 is 47.0 Å². The van der Waals surface area contributed by atoms with Gasteiger partial charge in [0.15, 0.2) is 16.0 Å². The average Bonchev–Trinajstić information content (AvgIpc) is 3.10. The average molecular weight is 760 g/mol. The van der Waals surface area contributed by atoms with E-state index in [1.54, 1.807) is 23.5 Å². The third-order valence-electron chi connectivity index (χ3n) is 10.6. The van der Waals surface area contributed by atoms with Crippen LogP contribution in [0.15, 0.2) is 10.3 Å². The molecule has 8 N–H and O–H groups in total. The first-order valence-electron chi connectivity index (χ1n) is 19.8. The quantitative estimate of drug-likeness (QED) is 0.0197. The number of oxime groups is 2. The van der Waals surface area contributed by atoms with E-state index in [-0.39, 0.29) is 48.1 Å². The van der Waals surface area contributed by atoms with Crippen molar-refractivity contribution < 1.29 is 24.8 Å². The Balaban J connectivity index is 5.45. The Bertz CT molecular complexity index is 1130. The first kappa shape index (κ1) is 51.3. The van der Waals surface area contributed by atoms with Crippen molar-refractivity contribution in [3.05, 3.63) is 0 Å². The smallest absolute Gasteiger partial charge is 0.242 e. The number of carbonyl (C=O) groups excluding carboxylic acids is 3. The summed E-state index contributed by atoms with van der Waals surface area (Å²) in [5, 5.41) is 37.7. The molecule has 0 saturated carbocycles. The molecule has 3 amide bonds. The van der Waals surface area contributed by atoms with Gasteiger partial charge in [0, 0.05) is 36.1 Å². The molecule has 4 radical (unpaired) electrons. The van der Waals surface area contributed by atoms with E-state index >= 15 is 0 Å². The van der Waals surface area contributed by atoms with Crippen molar-refractivity contribution in [3.63, 3.8) is 0 Å². The molecule has 0 aromatic rings. The van der Waals surface area contributed by atoms with Crippen molar-refractivity contribution in [2.45, 2.75) is 151 Å². The molecule has 0 aliphatic rings. The molecule has 0 aromatic heterocycles. The standard InChI is InChI=1S/C38H75B2N9O5/c1-26(2)22-28(5)35(51)45-33(23-27(3)4)36(52)44-32(14-12-13-18-41)24-42-25-34(50)43-19-15-31(16-20-48(39)37(8,9)29(6)46-53)17-21-49(40)38(10,11)30(7)47-54/h26-28,31-33,42,53-54H,12-25,41H2,1-11H3,(H,43,50)(H,44,52)(H,45,51)/b46-29+,47-30+/t28-,32-,33-/m0/s1. The molecule has 0 aliphatic heterocycles. The summed E-state index contributed by atoms with van der Waals surface area (Å²) in [6.45, 7) is 23.5. The van der Waals surface area contributed by atoms with Gasteiger partial charge in [0.05, 0.1) is 18.0 Å². The van der Waals surface area contributed by atoms with Crippen molar-refractivity contribution in [1.29, 1.82) is 0 Å². The Hall–Kier alpha value is -2.68. The number of nitrogens with zero attached hydrogens (tertiary/aromatic N) is 4. The Kier molecular flexibility index (Phi) is 24.9. The lowest BCUT2D eigenvalue weighted by Crippen LogP contribution is -2.53. The lowest BCUT2D eigenvalue weighted by atomic mass is 9.89. The van der Waals surface area contributed by atoms with Crippen LogP contribution < -0.4 is 27.0 Å². The molecule has 54 heavy (non-hydrogen) atoms. The van der Waals surface area contributed by atoms with Crippen LogP contribution in [0.1, 0.15) is 128 Å². The second-order valence-electron chi connectivity index (χ2n) is 16.8. The summed E-state index contributed by atoms with van der Waals surface area (Å²) in [4.78, 5) is 42.7. The largest absolute Gasteiger partial charge is 0.411 e. The molecule has 0 aliphatic carbocycles. The van der Waals surface area contributed by atoms with Gasteiger partial charge in [0.2, 0.25) is 17.7 Å². The van der Waals surface area contributed by atoms with Crippen molar-refractivity contribution in [2.75, 3.05) is 39.3 Å². The Morgan fingerprint density at radius 2 is 1.28 bits per heavy atom. The zero-order chi connectivity index (χ0) is 41.6. The van der Waals surface area contributed by atoms with Crippen LogP contribution >= 0.6 is 0 Å². The predicted molar refractivity (Wildman–Crippen MR) is 221 cm³/mol. The maximum Gasteiger partial charge on any atom is 0.242 e.